The van der Waals surface area contributed by atoms with E-state index in [9.17, 15) is 4.79 Å². The summed E-state index contributed by atoms with van der Waals surface area (Å²) in [5.74, 6) is 1.90. The molecule has 0 atom stereocenters. The molecule has 5 nitrogen and oxygen atoms in total. The van der Waals surface area contributed by atoms with E-state index in [1.54, 1.807) is 0 Å². The lowest BCUT2D eigenvalue weighted by Gasteiger charge is -2.32. The quantitative estimate of drug-likeness (QED) is 0.907. The van der Waals surface area contributed by atoms with E-state index in [-0.39, 0.29) is 11.3 Å². The molecule has 0 radical (unpaired) electrons. The fourth-order valence-corrected chi connectivity index (χ4v) is 2.99. The van der Waals surface area contributed by atoms with E-state index in [4.69, 9.17) is 0 Å². The van der Waals surface area contributed by atoms with Gasteiger partial charge in [0.15, 0.2) is 0 Å². The van der Waals surface area contributed by atoms with Gasteiger partial charge in [-0.3, -0.25) is 9.69 Å². The number of hydrogen-bond acceptors (Lipinski definition) is 3. The number of hydrogen-bond donors (Lipinski definition) is 1. The van der Waals surface area contributed by atoms with E-state index in [2.05, 4.69) is 39.8 Å². The third-order valence-electron chi connectivity index (χ3n) is 4.61. The van der Waals surface area contributed by atoms with Crippen LogP contribution >= 0.6 is 0 Å². The summed E-state index contributed by atoms with van der Waals surface area (Å²) in [6, 6.07) is 0.456. The predicted molar refractivity (Wildman–Crippen MR) is 93.1 cm³/mol. The fourth-order valence-electron chi connectivity index (χ4n) is 2.99. The molecule has 1 aliphatic heterocycles. The number of nitrogens with zero attached hydrogens (tertiary/aromatic N) is 3. The Morgan fingerprint density at radius 3 is 2.57 bits per heavy atom. The molecule has 130 valence electrons. The summed E-state index contributed by atoms with van der Waals surface area (Å²) >= 11 is 0. The molecule has 1 fully saturated rings. The Labute approximate surface area is 140 Å². The second-order valence-electron chi connectivity index (χ2n) is 8.02. The monoisotopic (exact) mass is 320 g/mol. The Balaban J connectivity index is 1.76. The van der Waals surface area contributed by atoms with Gasteiger partial charge in [0.25, 0.3) is 0 Å². The highest BCUT2D eigenvalue weighted by Gasteiger charge is 2.24. The first-order valence-electron chi connectivity index (χ1n) is 8.79. The molecule has 1 aromatic heterocycles. The highest BCUT2D eigenvalue weighted by molar-refractivity contribution is 5.81. The topological polar surface area (TPSA) is 50.2 Å². The highest BCUT2D eigenvalue weighted by Crippen LogP contribution is 2.20. The lowest BCUT2D eigenvalue weighted by atomic mass is 9.93. The Hall–Kier alpha value is -1.36. The highest BCUT2D eigenvalue weighted by atomic mass is 16.2. The predicted octanol–water partition coefficient (Wildman–Crippen LogP) is 2.84. The van der Waals surface area contributed by atoms with Gasteiger partial charge in [0.2, 0.25) is 5.91 Å². The van der Waals surface area contributed by atoms with Crippen LogP contribution in [0.15, 0.2) is 12.4 Å². The van der Waals surface area contributed by atoms with E-state index in [0.29, 0.717) is 12.0 Å². The molecule has 1 amide bonds. The van der Waals surface area contributed by atoms with Gasteiger partial charge in [-0.25, -0.2) is 4.98 Å². The van der Waals surface area contributed by atoms with E-state index in [1.165, 1.54) is 0 Å². The van der Waals surface area contributed by atoms with E-state index in [0.717, 1.165) is 44.8 Å². The zero-order valence-corrected chi connectivity index (χ0v) is 15.3. The van der Waals surface area contributed by atoms with Crippen LogP contribution in [0.3, 0.4) is 0 Å². The van der Waals surface area contributed by atoms with Crippen molar-refractivity contribution in [2.75, 3.05) is 19.6 Å². The van der Waals surface area contributed by atoms with Crippen molar-refractivity contribution >= 4 is 5.91 Å². The SMILES string of the molecule is CC(C)n1ccnc1CN1CCC(CNC(=O)C(C)(C)C)CC1. The van der Waals surface area contributed by atoms with Crippen molar-refractivity contribution in [3.63, 3.8) is 0 Å². The summed E-state index contributed by atoms with van der Waals surface area (Å²) in [5, 5.41) is 3.10. The third-order valence-corrected chi connectivity index (χ3v) is 4.61. The molecule has 1 saturated heterocycles. The van der Waals surface area contributed by atoms with Crippen LogP contribution in [-0.2, 0) is 11.3 Å². The van der Waals surface area contributed by atoms with Crippen LogP contribution in [0.5, 0.6) is 0 Å². The van der Waals surface area contributed by atoms with Gasteiger partial charge in [0.1, 0.15) is 5.82 Å². The summed E-state index contributed by atoms with van der Waals surface area (Å²) < 4.78 is 2.25. The van der Waals surface area contributed by atoms with Crippen molar-refractivity contribution in [3.8, 4) is 0 Å². The number of piperidine rings is 1. The lowest BCUT2D eigenvalue weighted by molar-refractivity contribution is -0.128. The molecule has 5 heteroatoms. The Kier molecular flexibility index (Phi) is 5.84. The Bertz CT molecular complexity index is 507. The maximum atomic E-state index is 12.0. The minimum atomic E-state index is -0.297. The molecule has 1 aromatic rings. The number of carbonyl (C=O) groups is 1. The van der Waals surface area contributed by atoms with Gasteiger partial charge in [-0.1, -0.05) is 20.8 Å². The summed E-state index contributed by atoms with van der Waals surface area (Å²) in [6.45, 7) is 14.2. The minimum absolute atomic E-state index is 0.152. The average Bonchev–Trinajstić information content (AvgIpc) is 2.93. The first-order valence-corrected chi connectivity index (χ1v) is 8.79. The molecule has 0 unspecified atom stereocenters. The van der Waals surface area contributed by atoms with E-state index >= 15 is 0 Å². The number of carbonyl (C=O) groups excluding carboxylic acids is 1. The van der Waals surface area contributed by atoms with Crippen molar-refractivity contribution in [1.29, 1.82) is 0 Å². The van der Waals surface area contributed by atoms with Crippen LogP contribution in [0.25, 0.3) is 0 Å². The van der Waals surface area contributed by atoms with E-state index < -0.39 is 0 Å². The number of likely N-dealkylation sites (tertiary alicyclic amines) is 1. The Morgan fingerprint density at radius 2 is 2.00 bits per heavy atom. The largest absolute Gasteiger partial charge is 0.355 e. The molecular formula is C18H32N4O. The number of imidazole rings is 1. The van der Waals surface area contributed by atoms with Crippen molar-refractivity contribution in [3.05, 3.63) is 18.2 Å². The van der Waals surface area contributed by atoms with Crippen molar-refractivity contribution in [2.45, 2.75) is 60.0 Å². The van der Waals surface area contributed by atoms with Crippen molar-refractivity contribution in [2.24, 2.45) is 11.3 Å². The lowest BCUT2D eigenvalue weighted by Crippen LogP contribution is -2.41. The van der Waals surface area contributed by atoms with Gasteiger partial charge in [-0.2, -0.15) is 0 Å². The molecule has 2 heterocycles. The van der Waals surface area contributed by atoms with Crippen molar-refractivity contribution < 1.29 is 4.79 Å². The second kappa shape index (κ2) is 7.47. The first kappa shape index (κ1) is 18.0. The van der Waals surface area contributed by atoms with Crippen LogP contribution < -0.4 is 5.32 Å². The standard InChI is InChI=1S/C18H32N4O/c1-14(2)22-11-8-19-16(22)13-21-9-6-15(7-10-21)12-20-17(23)18(3,4)5/h8,11,14-15H,6-7,9-10,12-13H2,1-5H3,(H,20,23). The third kappa shape index (κ3) is 5.06. The van der Waals surface area contributed by atoms with E-state index in [1.807, 2.05) is 27.0 Å². The maximum Gasteiger partial charge on any atom is 0.225 e. The molecule has 0 spiro atoms. The van der Waals surface area contributed by atoms with Crippen LogP contribution in [0, 0.1) is 11.3 Å². The second-order valence-corrected chi connectivity index (χ2v) is 8.02. The molecule has 0 aliphatic carbocycles. The average molecular weight is 320 g/mol. The molecule has 2 rings (SSSR count). The van der Waals surface area contributed by atoms with Crippen LogP contribution in [0.1, 0.15) is 59.3 Å². The zero-order valence-electron chi connectivity index (χ0n) is 15.3. The summed E-state index contributed by atoms with van der Waals surface area (Å²) in [5.41, 5.74) is -0.297. The van der Waals surface area contributed by atoms with Gasteiger partial charge in [0, 0.05) is 30.4 Å². The van der Waals surface area contributed by atoms with Gasteiger partial charge in [0.05, 0.1) is 6.54 Å². The number of aromatic nitrogens is 2. The fraction of sp³-hybridized carbons (Fsp3) is 0.778. The summed E-state index contributed by atoms with van der Waals surface area (Å²) in [4.78, 5) is 18.9. The molecule has 0 bridgehead atoms. The molecule has 0 saturated carbocycles. The number of amides is 1. The van der Waals surface area contributed by atoms with Gasteiger partial charge < -0.3 is 9.88 Å². The Morgan fingerprint density at radius 1 is 1.35 bits per heavy atom. The van der Waals surface area contributed by atoms with Crippen LogP contribution in [0.2, 0.25) is 0 Å². The zero-order chi connectivity index (χ0) is 17.0. The summed E-state index contributed by atoms with van der Waals surface area (Å²) in [6.07, 6.45) is 6.25. The molecule has 0 aromatic carbocycles. The van der Waals surface area contributed by atoms with Crippen molar-refractivity contribution in [1.82, 2.24) is 19.8 Å². The van der Waals surface area contributed by atoms with Gasteiger partial charge in [-0.05, 0) is 45.7 Å². The molecule has 1 N–H and O–H groups in total. The smallest absolute Gasteiger partial charge is 0.225 e. The summed E-state index contributed by atoms with van der Waals surface area (Å²) in [7, 11) is 0. The van der Waals surface area contributed by atoms with Crippen LogP contribution in [-0.4, -0.2) is 40.0 Å². The molecular weight excluding hydrogens is 288 g/mol. The van der Waals surface area contributed by atoms with Crippen LogP contribution in [0.4, 0.5) is 0 Å². The maximum absolute atomic E-state index is 12.0. The normalized spacial score (nSPS) is 17.7. The first-order chi connectivity index (χ1) is 10.8. The minimum Gasteiger partial charge on any atom is -0.355 e. The van der Waals surface area contributed by atoms with Gasteiger partial charge >= 0.3 is 0 Å². The molecule has 1 aliphatic rings. The van der Waals surface area contributed by atoms with Gasteiger partial charge in [-0.15, -0.1) is 0 Å². The molecule has 23 heavy (non-hydrogen) atoms. The number of nitrogens with one attached hydrogen (secondary N) is 1. The number of rotatable bonds is 5.